The molecular weight excluding hydrogens is 294 g/mol. The minimum absolute atomic E-state index is 0.0585. The highest BCUT2D eigenvalue weighted by molar-refractivity contribution is 5.88. The van der Waals surface area contributed by atoms with E-state index in [1.165, 1.54) is 5.56 Å². The number of carbonyl (C=O) groups is 2. The first-order chi connectivity index (χ1) is 11.0. The SMILES string of the molecule is C[C@@]1(C(=O)N2CCO[C@H](CC(=O)O)C2)CCCc2ccccc21. The number of carbonyl (C=O) groups excluding carboxylic acids is 1. The van der Waals surface area contributed by atoms with Gasteiger partial charge in [-0.05, 0) is 37.3 Å². The molecule has 1 saturated heterocycles. The van der Waals surface area contributed by atoms with Crippen LogP contribution in [0.2, 0.25) is 0 Å². The van der Waals surface area contributed by atoms with Gasteiger partial charge in [-0.1, -0.05) is 24.3 Å². The van der Waals surface area contributed by atoms with Gasteiger partial charge in [0.1, 0.15) is 0 Å². The monoisotopic (exact) mass is 317 g/mol. The average Bonchev–Trinajstić information content (AvgIpc) is 2.54. The van der Waals surface area contributed by atoms with Gasteiger partial charge < -0.3 is 14.7 Å². The van der Waals surface area contributed by atoms with E-state index in [9.17, 15) is 9.59 Å². The number of rotatable bonds is 3. The van der Waals surface area contributed by atoms with Crippen molar-refractivity contribution in [3.05, 3.63) is 35.4 Å². The van der Waals surface area contributed by atoms with Crippen LogP contribution >= 0.6 is 0 Å². The van der Waals surface area contributed by atoms with Gasteiger partial charge in [-0.3, -0.25) is 9.59 Å². The summed E-state index contributed by atoms with van der Waals surface area (Å²) in [6.45, 7) is 3.33. The van der Waals surface area contributed by atoms with Crippen LogP contribution in [0.25, 0.3) is 0 Å². The lowest BCUT2D eigenvalue weighted by atomic mass is 9.70. The summed E-state index contributed by atoms with van der Waals surface area (Å²) >= 11 is 0. The molecule has 0 radical (unpaired) electrons. The lowest BCUT2D eigenvalue weighted by Crippen LogP contribution is -2.53. The highest BCUT2D eigenvalue weighted by Crippen LogP contribution is 2.38. The molecule has 23 heavy (non-hydrogen) atoms. The Hall–Kier alpha value is -1.88. The number of aryl methyl sites for hydroxylation is 1. The van der Waals surface area contributed by atoms with Crippen LogP contribution in [0.5, 0.6) is 0 Å². The van der Waals surface area contributed by atoms with Crippen molar-refractivity contribution in [2.45, 2.75) is 44.1 Å². The van der Waals surface area contributed by atoms with E-state index in [-0.39, 0.29) is 12.3 Å². The molecule has 1 fully saturated rings. The summed E-state index contributed by atoms with van der Waals surface area (Å²) in [6, 6.07) is 8.17. The number of ether oxygens (including phenoxy) is 1. The highest BCUT2D eigenvalue weighted by Gasteiger charge is 2.42. The van der Waals surface area contributed by atoms with Crippen molar-refractivity contribution in [2.24, 2.45) is 0 Å². The van der Waals surface area contributed by atoms with E-state index in [0.29, 0.717) is 19.7 Å². The second-order valence-electron chi connectivity index (χ2n) is 6.68. The molecule has 2 aliphatic rings. The molecule has 0 unspecified atom stereocenters. The van der Waals surface area contributed by atoms with Crippen LogP contribution in [0, 0.1) is 0 Å². The minimum Gasteiger partial charge on any atom is -0.481 e. The number of benzene rings is 1. The summed E-state index contributed by atoms with van der Waals surface area (Å²) in [6.07, 6.45) is 2.39. The fourth-order valence-corrected chi connectivity index (χ4v) is 3.84. The van der Waals surface area contributed by atoms with Gasteiger partial charge in [-0.2, -0.15) is 0 Å². The molecule has 3 rings (SSSR count). The molecule has 0 saturated carbocycles. The van der Waals surface area contributed by atoms with Crippen molar-refractivity contribution < 1.29 is 19.4 Å². The molecule has 1 aliphatic carbocycles. The normalized spacial score (nSPS) is 27.3. The second kappa shape index (κ2) is 6.32. The summed E-state index contributed by atoms with van der Waals surface area (Å²) in [4.78, 5) is 25.9. The molecule has 1 aromatic rings. The number of morpholine rings is 1. The van der Waals surface area contributed by atoms with Gasteiger partial charge in [0.05, 0.1) is 24.5 Å². The maximum atomic E-state index is 13.2. The van der Waals surface area contributed by atoms with Gasteiger partial charge in [0.25, 0.3) is 0 Å². The van der Waals surface area contributed by atoms with E-state index in [1.807, 2.05) is 19.1 Å². The van der Waals surface area contributed by atoms with Crippen LogP contribution in [0.3, 0.4) is 0 Å². The molecular formula is C18H23NO4. The number of fused-ring (bicyclic) bond motifs is 1. The van der Waals surface area contributed by atoms with Crippen LogP contribution in [0.15, 0.2) is 24.3 Å². The van der Waals surface area contributed by atoms with Crippen LogP contribution < -0.4 is 0 Å². The van der Waals surface area contributed by atoms with Gasteiger partial charge >= 0.3 is 5.97 Å². The molecule has 2 atom stereocenters. The van der Waals surface area contributed by atoms with E-state index in [1.54, 1.807) is 4.90 Å². The van der Waals surface area contributed by atoms with E-state index >= 15 is 0 Å². The Balaban J connectivity index is 1.81. The molecule has 1 aliphatic heterocycles. The largest absolute Gasteiger partial charge is 0.481 e. The maximum Gasteiger partial charge on any atom is 0.306 e. The lowest BCUT2D eigenvalue weighted by Gasteiger charge is -2.41. The van der Waals surface area contributed by atoms with Crippen LogP contribution in [-0.2, 0) is 26.2 Å². The van der Waals surface area contributed by atoms with Gasteiger partial charge in [-0.25, -0.2) is 0 Å². The van der Waals surface area contributed by atoms with E-state index in [0.717, 1.165) is 24.8 Å². The van der Waals surface area contributed by atoms with Crippen molar-refractivity contribution in [1.29, 1.82) is 0 Å². The van der Waals surface area contributed by atoms with E-state index < -0.39 is 17.5 Å². The first kappa shape index (κ1) is 16.0. The molecule has 1 heterocycles. The Morgan fingerprint density at radius 3 is 2.96 bits per heavy atom. The molecule has 1 amide bonds. The first-order valence-electron chi connectivity index (χ1n) is 8.22. The van der Waals surface area contributed by atoms with Gasteiger partial charge in [-0.15, -0.1) is 0 Å². The second-order valence-corrected chi connectivity index (χ2v) is 6.68. The third-order valence-corrected chi connectivity index (χ3v) is 5.04. The highest BCUT2D eigenvalue weighted by atomic mass is 16.5. The third kappa shape index (κ3) is 3.11. The summed E-state index contributed by atoms with van der Waals surface area (Å²) in [5, 5.41) is 8.94. The number of carboxylic acid groups (broad SMARTS) is 1. The standard InChI is InChI=1S/C18H23NO4/c1-18(8-4-6-13-5-2-3-7-15(13)18)17(22)19-9-10-23-14(12-19)11-16(20)21/h2-3,5,7,14H,4,6,8-12H2,1H3,(H,20,21)/t14-,18-/m1/s1. The average molecular weight is 317 g/mol. The Morgan fingerprint density at radius 1 is 1.39 bits per heavy atom. The zero-order valence-electron chi connectivity index (χ0n) is 13.5. The fourth-order valence-electron chi connectivity index (χ4n) is 3.84. The number of aliphatic carboxylic acids is 1. The van der Waals surface area contributed by atoms with Crippen molar-refractivity contribution in [3.63, 3.8) is 0 Å². The van der Waals surface area contributed by atoms with Crippen molar-refractivity contribution in [3.8, 4) is 0 Å². The maximum absolute atomic E-state index is 13.2. The first-order valence-corrected chi connectivity index (χ1v) is 8.22. The molecule has 0 aromatic heterocycles. The predicted molar refractivity (Wildman–Crippen MR) is 85.3 cm³/mol. The van der Waals surface area contributed by atoms with Gasteiger partial charge in [0.2, 0.25) is 5.91 Å². The Labute approximate surface area is 136 Å². The van der Waals surface area contributed by atoms with Crippen molar-refractivity contribution >= 4 is 11.9 Å². The predicted octanol–water partition coefficient (Wildman–Crippen LogP) is 1.98. The molecule has 5 nitrogen and oxygen atoms in total. The van der Waals surface area contributed by atoms with E-state index in [2.05, 4.69) is 12.1 Å². The summed E-state index contributed by atoms with van der Waals surface area (Å²) in [5.74, 6) is -0.790. The van der Waals surface area contributed by atoms with Gasteiger partial charge in [0, 0.05) is 13.1 Å². The molecule has 0 spiro atoms. The number of nitrogens with zero attached hydrogens (tertiary/aromatic N) is 1. The quantitative estimate of drug-likeness (QED) is 0.926. The zero-order valence-corrected chi connectivity index (χ0v) is 13.5. The van der Waals surface area contributed by atoms with Crippen molar-refractivity contribution in [2.75, 3.05) is 19.7 Å². The smallest absolute Gasteiger partial charge is 0.306 e. The fraction of sp³-hybridized carbons (Fsp3) is 0.556. The Kier molecular flexibility index (Phi) is 4.39. The third-order valence-electron chi connectivity index (χ3n) is 5.04. The van der Waals surface area contributed by atoms with Gasteiger partial charge in [0.15, 0.2) is 0 Å². The zero-order chi connectivity index (χ0) is 16.4. The minimum atomic E-state index is -0.890. The summed E-state index contributed by atoms with van der Waals surface area (Å²) in [5.41, 5.74) is 1.86. The van der Waals surface area contributed by atoms with Crippen molar-refractivity contribution in [1.82, 2.24) is 4.90 Å². The number of carboxylic acids is 1. The molecule has 124 valence electrons. The number of hydrogen-bond acceptors (Lipinski definition) is 3. The number of amides is 1. The Morgan fingerprint density at radius 2 is 2.17 bits per heavy atom. The Bertz CT molecular complexity index is 615. The topological polar surface area (TPSA) is 66.8 Å². The van der Waals surface area contributed by atoms with Crippen LogP contribution in [-0.4, -0.2) is 47.7 Å². The molecule has 1 N–H and O–H groups in total. The van der Waals surface area contributed by atoms with Crippen LogP contribution in [0.4, 0.5) is 0 Å². The van der Waals surface area contributed by atoms with E-state index in [4.69, 9.17) is 9.84 Å². The molecule has 0 bridgehead atoms. The number of hydrogen-bond donors (Lipinski definition) is 1. The summed E-state index contributed by atoms with van der Waals surface area (Å²) < 4.78 is 5.48. The summed E-state index contributed by atoms with van der Waals surface area (Å²) in [7, 11) is 0. The van der Waals surface area contributed by atoms with Crippen LogP contribution in [0.1, 0.15) is 37.3 Å². The molecule has 5 heteroatoms. The lowest BCUT2D eigenvalue weighted by molar-refractivity contribution is -0.151. The molecule has 1 aromatic carbocycles.